The standard InChI is InChI=1S/C30H40N6/c1-5-24-26(28-33-21-22(4)34-28)25(6-2)36(29-31-16-17-32-29)30(7-3,20-23-14-10-8-11-15-23)27(24)35-18-12-9-13-19-35/h8,10-11,14-17,21H,5-7,9,12-13,18-20H2,1-4H3,(H,31,32)(H,33,34). The minimum atomic E-state index is -0.252. The molecule has 0 amide bonds. The number of benzene rings is 1. The van der Waals surface area contributed by atoms with Crippen molar-refractivity contribution in [1.29, 1.82) is 0 Å². The summed E-state index contributed by atoms with van der Waals surface area (Å²) >= 11 is 0. The number of nitrogens with zero attached hydrogens (tertiary/aromatic N) is 4. The molecule has 2 aromatic heterocycles. The Hall–Kier alpha value is -3.28. The minimum absolute atomic E-state index is 0.252. The van der Waals surface area contributed by atoms with Gasteiger partial charge in [0.05, 0.1) is 5.54 Å². The number of rotatable bonds is 8. The third kappa shape index (κ3) is 4.16. The van der Waals surface area contributed by atoms with E-state index in [0.717, 1.165) is 56.2 Å². The van der Waals surface area contributed by atoms with Crippen LogP contribution in [-0.2, 0) is 6.42 Å². The number of anilines is 1. The number of likely N-dealkylation sites (tertiary alicyclic amines) is 1. The summed E-state index contributed by atoms with van der Waals surface area (Å²) in [6.07, 6.45) is 13.3. The van der Waals surface area contributed by atoms with Crippen LogP contribution in [0.3, 0.4) is 0 Å². The zero-order chi connectivity index (χ0) is 25.1. The van der Waals surface area contributed by atoms with Crippen LogP contribution in [0.15, 0.2) is 65.9 Å². The number of aromatic amines is 2. The first kappa shape index (κ1) is 24.4. The van der Waals surface area contributed by atoms with Crippen molar-refractivity contribution in [3.63, 3.8) is 0 Å². The van der Waals surface area contributed by atoms with E-state index >= 15 is 0 Å². The second kappa shape index (κ2) is 10.4. The molecule has 1 fully saturated rings. The third-order valence-corrected chi connectivity index (χ3v) is 7.94. The first-order chi connectivity index (χ1) is 17.6. The van der Waals surface area contributed by atoms with Crippen LogP contribution in [0.25, 0.3) is 5.57 Å². The first-order valence-electron chi connectivity index (χ1n) is 13.7. The third-order valence-electron chi connectivity index (χ3n) is 7.94. The normalized spacial score (nSPS) is 21.0. The zero-order valence-electron chi connectivity index (χ0n) is 22.3. The van der Waals surface area contributed by atoms with Crippen LogP contribution in [0.5, 0.6) is 0 Å². The van der Waals surface area contributed by atoms with Crippen LogP contribution in [-0.4, -0.2) is 43.5 Å². The molecule has 6 nitrogen and oxygen atoms in total. The number of H-pyrrole nitrogens is 2. The summed E-state index contributed by atoms with van der Waals surface area (Å²) in [7, 11) is 0. The summed E-state index contributed by atoms with van der Waals surface area (Å²) < 4.78 is 0. The predicted octanol–water partition coefficient (Wildman–Crippen LogP) is 6.62. The highest BCUT2D eigenvalue weighted by molar-refractivity contribution is 5.85. The van der Waals surface area contributed by atoms with Crippen molar-refractivity contribution in [2.75, 3.05) is 18.0 Å². The van der Waals surface area contributed by atoms with Gasteiger partial charge in [-0.1, -0.05) is 51.1 Å². The SMILES string of the molecule is CCC1=C(N2CCCCC2)C(CC)(Cc2ccccc2)N(c2ncc[nH]2)C(CC)=C1c1ncc(C)[nH]1. The number of hydrogen-bond donors (Lipinski definition) is 2. The van der Waals surface area contributed by atoms with Crippen molar-refractivity contribution in [3.05, 3.63) is 83.0 Å². The second-order valence-electron chi connectivity index (χ2n) is 10.1. The van der Waals surface area contributed by atoms with Crippen molar-refractivity contribution < 1.29 is 0 Å². The van der Waals surface area contributed by atoms with Gasteiger partial charge in [-0.05, 0) is 56.6 Å². The van der Waals surface area contributed by atoms with Crippen LogP contribution in [0.1, 0.15) is 76.4 Å². The molecule has 4 heterocycles. The summed E-state index contributed by atoms with van der Waals surface area (Å²) in [4.78, 5) is 22.0. The number of piperidine rings is 1. The molecule has 1 unspecified atom stereocenters. The topological polar surface area (TPSA) is 63.8 Å². The number of hydrogen-bond acceptors (Lipinski definition) is 4. The lowest BCUT2D eigenvalue weighted by molar-refractivity contribution is 0.227. The van der Waals surface area contributed by atoms with Crippen molar-refractivity contribution in [3.8, 4) is 0 Å². The molecule has 1 saturated heterocycles. The molecule has 36 heavy (non-hydrogen) atoms. The fraction of sp³-hybridized carbons (Fsp3) is 0.467. The maximum absolute atomic E-state index is 4.87. The number of aromatic nitrogens is 4. The summed E-state index contributed by atoms with van der Waals surface area (Å²) in [5.74, 6) is 1.88. The van der Waals surface area contributed by atoms with Crippen molar-refractivity contribution in [1.82, 2.24) is 24.8 Å². The zero-order valence-corrected chi connectivity index (χ0v) is 22.3. The molecule has 190 valence electrons. The van der Waals surface area contributed by atoms with E-state index in [1.807, 2.05) is 18.6 Å². The Morgan fingerprint density at radius 2 is 1.75 bits per heavy atom. The lowest BCUT2D eigenvalue weighted by Crippen LogP contribution is -2.58. The van der Waals surface area contributed by atoms with E-state index < -0.39 is 0 Å². The summed E-state index contributed by atoms with van der Waals surface area (Å²) in [5, 5.41) is 0. The van der Waals surface area contributed by atoms with E-state index in [2.05, 4.69) is 77.8 Å². The number of nitrogens with one attached hydrogen (secondary N) is 2. The van der Waals surface area contributed by atoms with Crippen LogP contribution >= 0.6 is 0 Å². The van der Waals surface area contributed by atoms with E-state index in [-0.39, 0.29) is 5.54 Å². The van der Waals surface area contributed by atoms with Crippen LogP contribution < -0.4 is 4.90 Å². The first-order valence-corrected chi connectivity index (χ1v) is 13.7. The molecule has 1 atom stereocenters. The van der Waals surface area contributed by atoms with Crippen LogP contribution in [0.2, 0.25) is 0 Å². The van der Waals surface area contributed by atoms with Gasteiger partial charge >= 0.3 is 0 Å². The molecule has 0 spiro atoms. The van der Waals surface area contributed by atoms with Gasteiger partial charge < -0.3 is 19.8 Å². The quantitative estimate of drug-likeness (QED) is 0.377. The molecule has 1 aromatic carbocycles. The molecule has 3 aromatic rings. The van der Waals surface area contributed by atoms with E-state index in [4.69, 9.17) is 9.97 Å². The fourth-order valence-electron chi connectivity index (χ4n) is 6.41. The molecule has 2 aliphatic rings. The molecular weight excluding hydrogens is 444 g/mol. The van der Waals surface area contributed by atoms with Gasteiger partial charge in [-0.3, -0.25) is 0 Å². The Balaban J connectivity index is 1.84. The van der Waals surface area contributed by atoms with Crippen LogP contribution in [0.4, 0.5) is 5.95 Å². The highest BCUT2D eigenvalue weighted by atomic mass is 15.4. The number of aryl methyl sites for hydroxylation is 1. The molecule has 0 radical (unpaired) electrons. The van der Waals surface area contributed by atoms with E-state index in [0.29, 0.717) is 0 Å². The number of imidazole rings is 2. The Kier molecular flexibility index (Phi) is 7.04. The van der Waals surface area contributed by atoms with Gasteiger partial charge in [0.25, 0.3) is 0 Å². The van der Waals surface area contributed by atoms with E-state index in [1.54, 1.807) is 0 Å². The number of allylic oxidation sites excluding steroid dienone is 3. The van der Waals surface area contributed by atoms with Gasteiger partial charge in [-0.2, -0.15) is 0 Å². The summed E-state index contributed by atoms with van der Waals surface area (Å²) in [6.45, 7) is 11.2. The summed E-state index contributed by atoms with van der Waals surface area (Å²) in [6, 6.07) is 11.0. The Morgan fingerprint density at radius 1 is 0.972 bits per heavy atom. The predicted molar refractivity (Wildman–Crippen MR) is 148 cm³/mol. The van der Waals surface area contributed by atoms with Gasteiger partial charge in [0.15, 0.2) is 0 Å². The van der Waals surface area contributed by atoms with Crippen molar-refractivity contribution in [2.45, 2.75) is 78.2 Å². The highest BCUT2D eigenvalue weighted by Crippen LogP contribution is 2.50. The van der Waals surface area contributed by atoms with Crippen molar-refractivity contribution in [2.24, 2.45) is 0 Å². The fourth-order valence-corrected chi connectivity index (χ4v) is 6.41. The molecular formula is C30H40N6. The molecule has 2 N–H and O–H groups in total. The smallest absolute Gasteiger partial charge is 0.207 e. The molecule has 2 aliphatic heterocycles. The Bertz CT molecular complexity index is 1210. The van der Waals surface area contributed by atoms with Gasteiger partial charge in [-0.15, -0.1) is 0 Å². The average Bonchev–Trinajstić information content (AvgIpc) is 3.60. The monoisotopic (exact) mass is 484 g/mol. The lowest BCUT2D eigenvalue weighted by Gasteiger charge is -2.54. The van der Waals surface area contributed by atoms with E-state index in [1.165, 1.54) is 47.4 Å². The maximum Gasteiger partial charge on any atom is 0.207 e. The molecule has 0 aliphatic carbocycles. The molecule has 6 heteroatoms. The Labute approximate surface area is 215 Å². The van der Waals surface area contributed by atoms with Crippen LogP contribution in [0, 0.1) is 6.92 Å². The molecule has 5 rings (SSSR count). The minimum Gasteiger partial charge on any atom is -0.373 e. The van der Waals surface area contributed by atoms with Gasteiger partial charge in [0, 0.05) is 60.8 Å². The highest BCUT2D eigenvalue weighted by Gasteiger charge is 2.49. The van der Waals surface area contributed by atoms with Gasteiger partial charge in [0.1, 0.15) is 5.82 Å². The molecule has 0 saturated carbocycles. The molecule has 0 bridgehead atoms. The van der Waals surface area contributed by atoms with Crippen molar-refractivity contribution >= 4 is 11.5 Å². The van der Waals surface area contributed by atoms with Gasteiger partial charge in [0.2, 0.25) is 5.95 Å². The Morgan fingerprint density at radius 3 is 2.33 bits per heavy atom. The average molecular weight is 485 g/mol. The lowest BCUT2D eigenvalue weighted by atomic mass is 9.74. The second-order valence-corrected chi connectivity index (χ2v) is 10.1. The summed E-state index contributed by atoms with van der Waals surface area (Å²) in [5.41, 5.74) is 7.63. The largest absolute Gasteiger partial charge is 0.373 e. The van der Waals surface area contributed by atoms with Gasteiger partial charge in [-0.25, -0.2) is 9.97 Å². The van der Waals surface area contributed by atoms with E-state index in [9.17, 15) is 0 Å². The maximum atomic E-state index is 4.87.